The maximum Gasteiger partial charge on any atom is 0.238 e. The fourth-order valence-electron chi connectivity index (χ4n) is 1.40. The number of nitrogens with zero attached hydrogens (tertiary/aromatic N) is 1. The number of anilines is 1. The Balaban J connectivity index is 2.73. The number of nitrogens with one attached hydrogen (secondary N) is 2. The minimum Gasteiger partial charge on any atom is -0.313 e. The van der Waals surface area contributed by atoms with E-state index in [0.717, 1.165) is 5.69 Å². The van der Waals surface area contributed by atoms with Gasteiger partial charge in [0.05, 0.1) is 10.9 Å². The molecule has 0 aromatic carbocycles. The third kappa shape index (κ3) is 5.03. The molecule has 0 amide bonds. The van der Waals surface area contributed by atoms with Gasteiger partial charge in [0.15, 0.2) is 5.13 Å². The molecule has 0 aliphatic heterocycles. The van der Waals surface area contributed by atoms with Crippen molar-refractivity contribution < 1.29 is 8.42 Å². The topological polar surface area (TPSA) is 71.1 Å². The lowest BCUT2D eigenvalue weighted by Gasteiger charge is -2.16. The van der Waals surface area contributed by atoms with Crippen LogP contribution < -0.4 is 10.0 Å². The quantitative estimate of drug-likeness (QED) is 0.845. The molecule has 0 saturated carbocycles. The monoisotopic (exact) mass is 319 g/mol. The third-order valence-corrected chi connectivity index (χ3v) is 5.44. The molecular weight excluding hydrogens is 294 g/mol. The van der Waals surface area contributed by atoms with Crippen molar-refractivity contribution in [3.8, 4) is 0 Å². The molecule has 0 spiro atoms. The molecule has 0 bridgehead atoms. The van der Waals surface area contributed by atoms with Crippen LogP contribution in [-0.4, -0.2) is 31.2 Å². The predicted molar refractivity (Wildman–Crippen MR) is 86.0 cm³/mol. The van der Waals surface area contributed by atoms with Crippen LogP contribution in [0.4, 0.5) is 5.13 Å². The summed E-state index contributed by atoms with van der Waals surface area (Å²) in [7, 11) is -3.41. The maximum absolute atomic E-state index is 12.2. The molecule has 1 aromatic heterocycles. The standard InChI is InChI=1S/C13H25N3O2S2/c1-9(2)14-7-10(3)20(17,18)16-12-15-11(8-19-12)13(4,5)6/h8-10,14H,7H2,1-6H3,(H,15,16). The first-order valence-electron chi connectivity index (χ1n) is 6.73. The second-order valence-corrected chi connectivity index (χ2v) is 9.27. The van der Waals surface area contributed by atoms with Crippen molar-refractivity contribution in [2.45, 2.75) is 58.2 Å². The van der Waals surface area contributed by atoms with Gasteiger partial charge in [0.2, 0.25) is 10.0 Å². The molecule has 20 heavy (non-hydrogen) atoms. The minimum atomic E-state index is -3.41. The fourth-order valence-corrected chi connectivity index (χ4v) is 3.53. The van der Waals surface area contributed by atoms with Crippen molar-refractivity contribution in [2.24, 2.45) is 0 Å². The molecule has 1 atom stereocenters. The number of rotatable bonds is 6. The number of hydrogen-bond acceptors (Lipinski definition) is 5. The Hall–Kier alpha value is -0.660. The van der Waals surface area contributed by atoms with Crippen LogP contribution in [0.3, 0.4) is 0 Å². The number of aromatic nitrogens is 1. The summed E-state index contributed by atoms with van der Waals surface area (Å²) in [6.45, 7) is 12.2. The predicted octanol–water partition coefficient (Wildman–Crippen LogP) is 2.57. The van der Waals surface area contributed by atoms with Crippen molar-refractivity contribution in [1.82, 2.24) is 10.3 Å². The van der Waals surface area contributed by atoms with Gasteiger partial charge in [-0.25, -0.2) is 13.4 Å². The van der Waals surface area contributed by atoms with Crippen molar-refractivity contribution >= 4 is 26.5 Å². The first-order chi connectivity index (χ1) is 9.02. The summed E-state index contributed by atoms with van der Waals surface area (Å²) >= 11 is 1.32. The highest BCUT2D eigenvalue weighted by molar-refractivity contribution is 7.93. The molecule has 1 aromatic rings. The molecule has 2 N–H and O–H groups in total. The van der Waals surface area contributed by atoms with Gasteiger partial charge in [0.1, 0.15) is 0 Å². The summed E-state index contributed by atoms with van der Waals surface area (Å²) in [5.74, 6) is 0. The van der Waals surface area contributed by atoms with E-state index in [4.69, 9.17) is 0 Å². The summed E-state index contributed by atoms with van der Waals surface area (Å²) < 4.78 is 26.9. The molecule has 1 rings (SSSR count). The van der Waals surface area contributed by atoms with Crippen LogP contribution in [0.15, 0.2) is 5.38 Å². The zero-order chi connectivity index (χ0) is 15.6. The van der Waals surface area contributed by atoms with E-state index in [1.807, 2.05) is 19.2 Å². The second-order valence-electron chi connectivity index (χ2n) is 6.31. The van der Waals surface area contributed by atoms with Gasteiger partial charge in [0.25, 0.3) is 0 Å². The Kier molecular flexibility index (Phi) is 5.57. The molecule has 0 aliphatic carbocycles. The van der Waals surface area contributed by atoms with Crippen molar-refractivity contribution in [3.05, 3.63) is 11.1 Å². The largest absolute Gasteiger partial charge is 0.313 e. The molecule has 0 fully saturated rings. The molecule has 116 valence electrons. The van der Waals surface area contributed by atoms with Crippen LogP contribution >= 0.6 is 11.3 Å². The number of sulfonamides is 1. The van der Waals surface area contributed by atoms with Crippen molar-refractivity contribution in [2.75, 3.05) is 11.3 Å². The maximum atomic E-state index is 12.2. The van der Waals surface area contributed by atoms with Crippen LogP contribution in [0.2, 0.25) is 0 Å². The second kappa shape index (κ2) is 6.41. The average Bonchev–Trinajstić information content (AvgIpc) is 2.72. The molecule has 0 aliphatic rings. The van der Waals surface area contributed by atoms with Gasteiger partial charge in [0, 0.05) is 23.4 Å². The molecular formula is C13H25N3O2S2. The summed E-state index contributed by atoms with van der Waals surface area (Å²) in [6, 6.07) is 0.264. The molecule has 7 heteroatoms. The average molecular weight is 319 g/mol. The highest BCUT2D eigenvalue weighted by atomic mass is 32.2. The molecule has 0 saturated heterocycles. The Morgan fingerprint density at radius 3 is 2.35 bits per heavy atom. The van der Waals surface area contributed by atoms with Gasteiger partial charge in [-0.15, -0.1) is 11.3 Å². The number of thiazole rings is 1. The van der Waals surface area contributed by atoms with Gasteiger partial charge in [-0.1, -0.05) is 34.6 Å². The van der Waals surface area contributed by atoms with E-state index < -0.39 is 15.3 Å². The van der Waals surface area contributed by atoms with E-state index in [9.17, 15) is 8.42 Å². The lowest BCUT2D eigenvalue weighted by atomic mass is 9.93. The first kappa shape index (κ1) is 17.4. The highest BCUT2D eigenvalue weighted by Gasteiger charge is 2.23. The number of hydrogen-bond donors (Lipinski definition) is 2. The summed E-state index contributed by atoms with van der Waals surface area (Å²) in [6.07, 6.45) is 0. The SMILES string of the molecule is CC(C)NCC(C)S(=O)(=O)Nc1nc(C(C)(C)C)cs1. The van der Waals surface area contributed by atoms with E-state index in [1.165, 1.54) is 11.3 Å². The van der Waals surface area contributed by atoms with E-state index >= 15 is 0 Å². The van der Waals surface area contributed by atoms with Gasteiger partial charge in [-0.3, -0.25) is 4.72 Å². The molecule has 5 nitrogen and oxygen atoms in total. The van der Waals surface area contributed by atoms with Crippen molar-refractivity contribution in [3.63, 3.8) is 0 Å². The third-order valence-electron chi connectivity index (χ3n) is 2.85. The van der Waals surface area contributed by atoms with Gasteiger partial charge >= 0.3 is 0 Å². The van der Waals surface area contributed by atoms with E-state index in [-0.39, 0.29) is 11.5 Å². The van der Waals surface area contributed by atoms with Crippen LogP contribution in [0.1, 0.15) is 47.2 Å². The minimum absolute atomic E-state index is 0.0784. The Labute approximate surface area is 126 Å². The van der Waals surface area contributed by atoms with E-state index in [0.29, 0.717) is 11.7 Å². The van der Waals surface area contributed by atoms with Crippen molar-refractivity contribution in [1.29, 1.82) is 0 Å². The highest BCUT2D eigenvalue weighted by Crippen LogP contribution is 2.27. The van der Waals surface area contributed by atoms with Gasteiger partial charge in [-0.2, -0.15) is 0 Å². The fraction of sp³-hybridized carbons (Fsp3) is 0.769. The van der Waals surface area contributed by atoms with Gasteiger partial charge < -0.3 is 5.32 Å². The molecule has 1 unspecified atom stereocenters. The van der Waals surface area contributed by atoms with Crippen LogP contribution in [0.25, 0.3) is 0 Å². The molecule has 1 heterocycles. The Morgan fingerprint density at radius 1 is 1.30 bits per heavy atom. The first-order valence-corrected chi connectivity index (χ1v) is 9.16. The Morgan fingerprint density at radius 2 is 1.90 bits per heavy atom. The summed E-state index contributed by atoms with van der Waals surface area (Å²) in [4.78, 5) is 4.35. The Bertz CT molecular complexity index is 530. The normalized spacial score (nSPS) is 14.6. The van der Waals surface area contributed by atoms with Gasteiger partial charge in [-0.05, 0) is 6.92 Å². The summed E-state index contributed by atoms with van der Waals surface area (Å²) in [5.41, 5.74) is 0.818. The van der Waals surface area contributed by atoms with Crippen LogP contribution in [0, 0.1) is 0 Å². The molecule has 0 radical (unpaired) electrons. The lowest BCUT2D eigenvalue weighted by molar-refractivity contribution is 0.553. The lowest BCUT2D eigenvalue weighted by Crippen LogP contribution is -2.37. The van der Waals surface area contributed by atoms with Crippen LogP contribution in [0.5, 0.6) is 0 Å². The zero-order valence-corrected chi connectivity index (χ0v) is 14.7. The summed E-state index contributed by atoms with van der Waals surface area (Å²) in [5, 5.41) is 4.96. The van der Waals surface area contributed by atoms with E-state index in [2.05, 4.69) is 35.8 Å². The van der Waals surface area contributed by atoms with E-state index in [1.54, 1.807) is 6.92 Å². The zero-order valence-electron chi connectivity index (χ0n) is 13.0. The smallest absolute Gasteiger partial charge is 0.238 e. The van der Waals surface area contributed by atoms with Crippen LogP contribution in [-0.2, 0) is 15.4 Å².